The third-order valence-corrected chi connectivity index (χ3v) is 4.47. The normalized spacial score (nSPS) is 25.9. The summed E-state index contributed by atoms with van der Waals surface area (Å²) >= 11 is 0. The predicted octanol–water partition coefficient (Wildman–Crippen LogP) is 1.60. The second-order valence-electron chi connectivity index (χ2n) is 5.83. The number of rotatable bonds is 5. The number of esters is 1. The molecule has 2 heterocycles. The number of carbonyl (C=O) groups is 1. The van der Waals surface area contributed by atoms with Crippen molar-refractivity contribution in [3.63, 3.8) is 0 Å². The highest BCUT2D eigenvalue weighted by atomic mass is 16.5. The molecule has 0 aromatic carbocycles. The Balaban J connectivity index is 1.80. The molecule has 1 spiro atoms. The van der Waals surface area contributed by atoms with E-state index in [2.05, 4.69) is 11.9 Å². The molecule has 0 bridgehead atoms. The van der Waals surface area contributed by atoms with Crippen molar-refractivity contribution in [3.05, 3.63) is 0 Å². The van der Waals surface area contributed by atoms with Gasteiger partial charge < -0.3 is 19.1 Å². The molecule has 0 radical (unpaired) electrons. The first-order valence-electron chi connectivity index (χ1n) is 7.73. The summed E-state index contributed by atoms with van der Waals surface area (Å²) in [5, 5.41) is 0. The molecule has 2 aliphatic heterocycles. The molecule has 5 heteroatoms. The van der Waals surface area contributed by atoms with Crippen molar-refractivity contribution in [2.75, 3.05) is 40.0 Å². The molecule has 0 saturated carbocycles. The Hall–Kier alpha value is -0.650. The quantitative estimate of drug-likeness (QED) is 0.718. The van der Waals surface area contributed by atoms with Crippen molar-refractivity contribution in [2.24, 2.45) is 0 Å². The van der Waals surface area contributed by atoms with Crippen molar-refractivity contribution in [2.45, 2.75) is 50.7 Å². The first kappa shape index (κ1) is 15.7. The van der Waals surface area contributed by atoms with Gasteiger partial charge in [0.05, 0.1) is 18.6 Å². The lowest BCUT2D eigenvalue weighted by Crippen LogP contribution is -2.50. The van der Waals surface area contributed by atoms with E-state index in [1.807, 2.05) is 6.92 Å². The van der Waals surface area contributed by atoms with Gasteiger partial charge in [-0.1, -0.05) is 0 Å². The first-order valence-corrected chi connectivity index (χ1v) is 7.73. The lowest BCUT2D eigenvalue weighted by Gasteiger charge is -2.45. The van der Waals surface area contributed by atoms with Gasteiger partial charge in [0.25, 0.3) is 0 Å². The van der Waals surface area contributed by atoms with Crippen LogP contribution in [0.25, 0.3) is 0 Å². The van der Waals surface area contributed by atoms with Crippen LogP contribution in [0.2, 0.25) is 0 Å². The Labute approximate surface area is 121 Å². The van der Waals surface area contributed by atoms with Crippen LogP contribution in [0.1, 0.15) is 39.0 Å². The van der Waals surface area contributed by atoms with Gasteiger partial charge in [-0.25, -0.2) is 0 Å². The van der Waals surface area contributed by atoms with Crippen LogP contribution in [0, 0.1) is 0 Å². The van der Waals surface area contributed by atoms with Gasteiger partial charge in [0.2, 0.25) is 0 Å². The summed E-state index contributed by atoms with van der Waals surface area (Å²) in [6, 6.07) is 0.497. The van der Waals surface area contributed by atoms with Crippen LogP contribution < -0.4 is 0 Å². The van der Waals surface area contributed by atoms with Crippen LogP contribution in [0.3, 0.4) is 0 Å². The van der Waals surface area contributed by atoms with Crippen LogP contribution in [0.4, 0.5) is 0 Å². The van der Waals surface area contributed by atoms with E-state index in [9.17, 15) is 4.79 Å². The molecule has 0 aromatic heterocycles. The van der Waals surface area contributed by atoms with E-state index in [0.29, 0.717) is 19.1 Å². The molecule has 1 unspecified atom stereocenters. The Morgan fingerprint density at radius 2 is 2.10 bits per heavy atom. The summed E-state index contributed by atoms with van der Waals surface area (Å²) in [7, 11) is 2.10. The monoisotopic (exact) mass is 285 g/mol. The van der Waals surface area contributed by atoms with Crippen molar-refractivity contribution >= 4 is 5.97 Å². The molecule has 0 amide bonds. The van der Waals surface area contributed by atoms with Crippen LogP contribution in [0.5, 0.6) is 0 Å². The molecular weight excluding hydrogens is 258 g/mol. The van der Waals surface area contributed by atoms with Crippen LogP contribution in [-0.4, -0.2) is 62.5 Å². The molecule has 116 valence electrons. The summed E-state index contributed by atoms with van der Waals surface area (Å²) in [4.78, 5) is 13.7. The topological polar surface area (TPSA) is 48.0 Å². The number of ether oxygens (including phenoxy) is 3. The molecule has 5 nitrogen and oxygen atoms in total. The lowest BCUT2D eigenvalue weighted by molar-refractivity contribution is -0.151. The summed E-state index contributed by atoms with van der Waals surface area (Å²) < 4.78 is 16.5. The van der Waals surface area contributed by atoms with Gasteiger partial charge in [-0.2, -0.15) is 0 Å². The number of hydrogen-bond donors (Lipinski definition) is 0. The van der Waals surface area contributed by atoms with E-state index in [0.717, 1.165) is 52.0 Å². The standard InChI is InChI=1S/C15H27NO4/c1-3-19-14(17)4-8-16(2)13-5-9-20-15(12-13)6-10-18-11-7-15/h13H,3-12H2,1-2H3. The summed E-state index contributed by atoms with van der Waals surface area (Å²) in [5.41, 5.74) is 0.0132. The summed E-state index contributed by atoms with van der Waals surface area (Å²) in [5.74, 6) is -0.104. The van der Waals surface area contributed by atoms with Crippen LogP contribution >= 0.6 is 0 Å². The van der Waals surface area contributed by atoms with Gasteiger partial charge in [0, 0.05) is 32.4 Å². The lowest BCUT2D eigenvalue weighted by atomic mass is 9.83. The van der Waals surface area contributed by atoms with E-state index >= 15 is 0 Å². The first-order chi connectivity index (χ1) is 9.65. The SMILES string of the molecule is CCOC(=O)CCN(C)C1CCOC2(CCOCC2)C1. The molecule has 2 aliphatic rings. The van der Waals surface area contributed by atoms with Gasteiger partial charge >= 0.3 is 5.97 Å². The number of carbonyl (C=O) groups excluding carboxylic acids is 1. The van der Waals surface area contributed by atoms with Crippen molar-refractivity contribution in [1.29, 1.82) is 0 Å². The van der Waals surface area contributed by atoms with E-state index in [-0.39, 0.29) is 11.6 Å². The van der Waals surface area contributed by atoms with Gasteiger partial charge in [0.1, 0.15) is 0 Å². The van der Waals surface area contributed by atoms with Crippen LogP contribution in [-0.2, 0) is 19.0 Å². The fourth-order valence-electron chi connectivity index (χ4n) is 3.15. The minimum Gasteiger partial charge on any atom is -0.466 e. The fourth-order valence-corrected chi connectivity index (χ4v) is 3.15. The molecule has 20 heavy (non-hydrogen) atoms. The van der Waals surface area contributed by atoms with Crippen molar-refractivity contribution in [1.82, 2.24) is 4.90 Å². The van der Waals surface area contributed by atoms with E-state index in [4.69, 9.17) is 14.2 Å². The Bertz CT molecular complexity index is 309. The Morgan fingerprint density at radius 1 is 1.35 bits per heavy atom. The zero-order valence-electron chi connectivity index (χ0n) is 12.7. The smallest absolute Gasteiger partial charge is 0.307 e. The maximum absolute atomic E-state index is 11.4. The Morgan fingerprint density at radius 3 is 2.80 bits per heavy atom. The van der Waals surface area contributed by atoms with E-state index in [1.54, 1.807) is 0 Å². The summed E-state index contributed by atoms with van der Waals surface area (Å²) in [6.45, 7) is 5.49. The Kier molecular flexibility index (Phi) is 5.81. The highest BCUT2D eigenvalue weighted by Crippen LogP contribution is 2.35. The van der Waals surface area contributed by atoms with Gasteiger partial charge in [-0.3, -0.25) is 4.79 Å². The number of hydrogen-bond acceptors (Lipinski definition) is 5. The molecule has 0 aliphatic carbocycles. The van der Waals surface area contributed by atoms with Crippen molar-refractivity contribution in [3.8, 4) is 0 Å². The zero-order valence-corrected chi connectivity index (χ0v) is 12.7. The maximum Gasteiger partial charge on any atom is 0.307 e. The van der Waals surface area contributed by atoms with Gasteiger partial charge in [-0.15, -0.1) is 0 Å². The minimum atomic E-state index is -0.104. The average molecular weight is 285 g/mol. The average Bonchev–Trinajstić information content (AvgIpc) is 2.46. The molecule has 2 saturated heterocycles. The maximum atomic E-state index is 11.4. The second-order valence-corrected chi connectivity index (χ2v) is 5.83. The largest absolute Gasteiger partial charge is 0.466 e. The fraction of sp³-hybridized carbons (Fsp3) is 0.933. The molecule has 0 N–H and O–H groups in total. The predicted molar refractivity (Wildman–Crippen MR) is 75.6 cm³/mol. The van der Waals surface area contributed by atoms with E-state index in [1.165, 1.54) is 0 Å². The third kappa shape index (κ3) is 4.17. The van der Waals surface area contributed by atoms with Gasteiger partial charge in [-0.05, 0) is 39.7 Å². The third-order valence-electron chi connectivity index (χ3n) is 4.47. The second kappa shape index (κ2) is 7.38. The van der Waals surface area contributed by atoms with Gasteiger partial charge in [0.15, 0.2) is 0 Å². The summed E-state index contributed by atoms with van der Waals surface area (Å²) in [6.07, 6.45) is 4.56. The molecular formula is C15H27NO4. The molecule has 1 atom stereocenters. The highest BCUT2D eigenvalue weighted by molar-refractivity contribution is 5.69. The minimum absolute atomic E-state index is 0.0132. The molecule has 0 aromatic rings. The van der Waals surface area contributed by atoms with E-state index < -0.39 is 0 Å². The number of nitrogens with zero attached hydrogens (tertiary/aromatic N) is 1. The molecule has 2 fully saturated rings. The highest BCUT2D eigenvalue weighted by Gasteiger charge is 2.40. The van der Waals surface area contributed by atoms with Crippen LogP contribution in [0.15, 0.2) is 0 Å². The van der Waals surface area contributed by atoms with Crippen molar-refractivity contribution < 1.29 is 19.0 Å². The molecule has 2 rings (SSSR count). The zero-order chi connectivity index (χ0) is 14.4.